The zero-order chi connectivity index (χ0) is 16.5. The average Bonchev–Trinajstić information content (AvgIpc) is 2.59. The zero-order valence-electron chi connectivity index (χ0n) is 14.3. The highest BCUT2D eigenvalue weighted by Gasteiger charge is 2.07. The maximum Gasteiger partial charge on any atom is 0.161 e. The van der Waals surface area contributed by atoms with Crippen LogP contribution >= 0.6 is 0 Å². The molecule has 0 saturated carbocycles. The van der Waals surface area contributed by atoms with Gasteiger partial charge in [0.15, 0.2) is 11.5 Å². The number of hydrogen-bond acceptors (Lipinski definition) is 3. The second kappa shape index (κ2) is 9.21. The van der Waals surface area contributed by atoms with Crippen LogP contribution < -0.4 is 14.8 Å². The topological polar surface area (TPSA) is 30.5 Å². The summed E-state index contributed by atoms with van der Waals surface area (Å²) in [6, 6.07) is 17.2. The molecule has 0 aliphatic rings. The third-order valence-corrected chi connectivity index (χ3v) is 3.89. The lowest BCUT2D eigenvalue weighted by molar-refractivity contribution is 0.310. The molecule has 0 aliphatic heterocycles. The molecule has 1 N–H and O–H groups in total. The maximum absolute atomic E-state index is 5.63. The van der Waals surface area contributed by atoms with E-state index >= 15 is 0 Å². The average molecular weight is 313 g/mol. The van der Waals surface area contributed by atoms with E-state index in [-0.39, 0.29) is 0 Å². The molecule has 0 aliphatic carbocycles. The molecule has 2 aromatic rings. The van der Waals surface area contributed by atoms with E-state index in [0.29, 0.717) is 12.6 Å². The molecule has 23 heavy (non-hydrogen) atoms. The fourth-order valence-electron chi connectivity index (χ4n) is 2.52. The van der Waals surface area contributed by atoms with Crippen molar-refractivity contribution in [1.29, 1.82) is 0 Å². The monoisotopic (exact) mass is 313 g/mol. The minimum absolute atomic E-state index is 0.466. The highest BCUT2D eigenvalue weighted by Crippen LogP contribution is 2.28. The van der Waals surface area contributed by atoms with E-state index in [1.165, 1.54) is 11.1 Å². The molecular formula is C20H27NO2. The molecule has 0 bridgehead atoms. The Bertz CT molecular complexity index is 583. The Balaban J connectivity index is 1.83. The van der Waals surface area contributed by atoms with E-state index in [1.807, 2.05) is 13.0 Å². The highest BCUT2D eigenvalue weighted by molar-refractivity contribution is 5.42. The van der Waals surface area contributed by atoms with Crippen molar-refractivity contribution in [1.82, 2.24) is 5.32 Å². The third kappa shape index (κ3) is 5.61. The predicted octanol–water partition coefficient (Wildman–Crippen LogP) is 4.20. The van der Waals surface area contributed by atoms with Crippen LogP contribution in [0.1, 0.15) is 31.4 Å². The van der Waals surface area contributed by atoms with Gasteiger partial charge >= 0.3 is 0 Å². The van der Waals surface area contributed by atoms with Crippen molar-refractivity contribution in [2.45, 2.75) is 39.3 Å². The van der Waals surface area contributed by atoms with Gasteiger partial charge in [0.2, 0.25) is 0 Å². The Morgan fingerprint density at radius 3 is 2.48 bits per heavy atom. The molecule has 124 valence electrons. The van der Waals surface area contributed by atoms with E-state index in [0.717, 1.165) is 30.9 Å². The molecule has 0 saturated heterocycles. The number of ether oxygens (including phenoxy) is 2. The van der Waals surface area contributed by atoms with E-state index in [4.69, 9.17) is 9.47 Å². The minimum atomic E-state index is 0.466. The Hall–Kier alpha value is -2.00. The standard InChI is InChI=1S/C20H27NO2/c1-4-23-20-14-18(12-13-19(20)22-3)15-21-16(2)10-11-17-8-6-5-7-9-17/h5-9,12-14,16,21H,4,10-11,15H2,1-3H3. The van der Waals surface area contributed by atoms with Crippen molar-refractivity contribution in [3.8, 4) is 11.5 Å². The van der Waals surface area contributed by atoms with Gasteiger partial charge in [-0.15, -0.1) is 0 Å². The normalized spacial score (nSPS) is 12.0. The van der Waals surface area contributed by atoms with Gasteiger partial charge in [-0.1, -0.05) is 36.4 Å². The number of aryl methyl sites for hydroxylation is 1. The number of rotatable bonds is 9. The number of methoxy groups -OCH3 is 1. The molecule has 3 nitrogen and oxygen atoms in total. The van der Waals surface area contributed by atoms with Crippen LogP contribution in [-0.2, 0) is 13.0 Å². The summed E-state index contributed by atoms with van der Waals surface area (Å²) in [6.45, 7) is 5.69. The van der Waals surface area contributed by atoms with Gasteiger partial charge < -0.3 is 14.8 Å². The smallest absolute Gasteiger partial charge is 0.161 e. The van der Waals surface area contributed by atoms with Crippen molar-refractivity contribution in [3.63, 3.8) is 0 Å². The number of benzene rings is 2. The first-order valence-electron chi connectivity index (χ1n) is 8.30. The summed E-state index contributed by atoms with van der Waals surface area (Å²) in [5.41, 5.74) is 2.60. The second-order valence-electron chi connectivity index (χ2n) is 5.72. The maximum atomic E-state index is 5.63. The molecule has 2 rings (SSSR count). The van der Waals surface area contributed by atoms with Gasteiger partial charge in [-0.05, 0) is 49.9 Å². The molecule has 0 amide bonds. The van der Waals surface area contributed by atoms with Gasteiger partial charge in [-0.2, -0.15) is 0 Å². The SMILES string of the molecule is CCOc1cc(CNC(C)CCc2ccccc2)ccc1OC. The quantitative estimate of drug-likeness (QED) is 0.752. The van der Waals surface area contributed by atoms with Gasteiger partial charge in [0.1, 0.15) is 0 Å². The van der Waals surface area contributed by atoms with Crippen LogP contribution in [0.3, 0.4) is 0 Å². The van der Waals surface area contributed by atoms with Crippen molar-refractivity contribution < 1.29 is 9.47 Å². The van der Waals surface area contributed by atoms with E-state index in [1.54, 1.807) is 7.11 Å². The lowest BCUT2D eigenvalue weighted by Crippen LogP contribution is -2.26. The Morgan fingerprint density at radius 1 is 1.00 bits per heavy atom. The van der Waals surface area contributed by atoms with E-state index in [2.05, 4.69) is 54.7 Å². The fourth-order valence-corrected chi connectivity index (χ4v) is 2.52. The van der Waals surface area contributed by atoms with Crippen molar-refractivity contribution in [2.24, 2.45) is 0 Å². The molecule has 0 heterocycles. The lowest BCUT2D eigenvalue weighted by Gasteiger charge is -2.15. The van der Waals surface area contributed by atoms with Crippen LogP contribution in [0, 0.1) is 0 Å². The minimum Gasteiger partial charge on any atom is -0.493 e. The fraction of sp³-hybridized carbons (Fsp3) is 0.400. The van der Waals surface area contributed by atoms with Crippen LogP contribution in [-0.4, -0.2) is 19.8 Å². The predicted molar refractivity (Wildman–Crippen MR) is 95.2 cm³/mol. The van der Waals surface area contributed by atoms with E-state index in [9.17, 15) is 0 Å². The van der Waals surface area contributed by atoms with E-state index < -0.39 is 0 Å². The van der Waals surface area contributed by atoms with Crippen LogP contribution in [0.4, 0.5) is 0 Å². The lowest BCUT2D eigenvalue weighted by atomic mass is 10.1. The van der Waals surface area contributed by atoms with Crippen molar-refractivity contribution in [2.75, 3.05) is 13.7 Å². The highest BCUT2D eigenvalue weighted by atomic mass is 16.5. The molecule has 0 fully saturated rings. The number of nitrogens with one attached hydrogen (secondary N) is 1. The van der Waals surface area contributed by atoms with Crippen molar-refractivity contribution in [3.05, 3.63) is 59.7 Å². The van der Waals surface area contributed by atoms with Gasteiger partial charge in [-0.3, -0.25) is 0 Å². The largest absolute Gasteiger partial charge is 0.493 e. The first kappa shape index (κ1) is 17.4. The van der Waals surface area contributed by atoms with Crippen LogP contribution in [0.25, 0.3) is 0 Å². The molecule has 0 aromatic heterocycles. The molecule has 2 aromatic carbocycles. The molecule has 0 spiro atoms. The van der Waals surface area contributed by atoms with Crippen molar-refractivity contribution >= 4 is 0 Å². The Labute approximate surface area is 139 Å². The van der Waals surface area contributed by atoms with Gasteiger partial charge in [-0.25, -0.2) is 0 Å². The Morgan fingerprint density at radius 2 is 1.78 bits per heavy atom. The summed E-state index contributed by atoms with van der Waals surface area (Å²) < 4.78 is 10.9. The molecule has 1 unspecified atom stereocenters. The first-order valence-corrected chi connectivity index (χ1v) is 8.30. The van der Waals surface area contributed by atoms with Crippen LogP contribution in [0.2, 0.25) is 0 Å². The summed E-state index contributed by atoms with van der Waals surface area (Å²) >= 11 is 0. The summed E-state index contributed by atoms with van der Waals surface area (Å²) in [7, 11) is 1.67. The van der Waals surface area contributed by atoms with Gasteiger partial charge in [0.05, 0.1) is 13.7 Å². The molecule has 0 radical (unpaired) electrons. The van der Waals surface area contributed by atoms with Gasteiger partial charge in [0, 0.05) is 12.6 Å². The Kier molecular flexibility index (Phi) is 6.95. The summed E-state index contributed by atoms with van der Waals surface area (Å²) in [5, 5.41) is 3.58. The molecular weight excluding hydrogens is 286 g/mol. The van der Waals surface area contributed by atoms with Gasteiger partial charge in [0.25, 0.3) is 0 Å². The zero-order valence-corrected chi connectivity index (χ0v) is 14.3. The summed E-state index contributed by atoms with van der Waals surface area (Å²) in [5.74, 6) is 1.60. The molecule has 3 heteroatoms. The first-order chi connectivity index (χ1) is 11.2. The second-order valence-corrected chi connectivity index (χ2v) is 5.72. The van der Waals surface area contributed by atoms with Crippen LogP contribution in [0.5, 0.6) is 11.5 Å². The summed E-state index contributed by atoms with van der Waals surface area (Å²) in [4.78, 5) is 0. The summed E-state index contributed by atoms with van der Waals surface area (Å²) in [6.07, 6.45) is 2.22. The van der Waals surface area contributed by atoms with Crippen LogP contribution in [0.15, 0.2) is 48.5 Å². The molecule has 1 atom stereocenters. The number of hydrogen-bond donors (Lipinski definition) is 1. The third-order valence-electron chi connectivity index (χ3n) is 3.89.